The summed E-state index contributed by atoms with van der Waals surface area (Å²) in [7, 11) is 0.538. The maximum atomic E-state index is 12.4. The highest BCUT2D eigenvalue weighted by Gasteiger charge is 2.26. The minimum atomic E-state index is -3.44. The first-order valence-electron chi connectivity index (χ1n) is 7.35. The first-order valence-corrected chi connectivity index (χ1v) is 8.83. The third-order valence-electron chi connectivity index (χ3n) is 3.87. The average Bonchev–Trinajstić information content (AvgIpc) is 2.41. The maximum Gasteiger partial charge on any atom is 0.240 e. The minimum absolute atomic E-state index is 0.0369. The third kappa shape index (κ3) is 4.51. The summed E-state index contributed by atoms with van der Waals surface area (Å²) >= 11 is 0. The molecule has 5 nitrogen and oxygen atoms in total. The Hall–Kier alpha value is -0.950. The Bertz CT molecular complexity index is 555. The zero-order chi connectivity index (χ0) is 15.5. The fourth-order valence-electron chi connectivity index (χ4n) is 2.55. The van der Waals surface area contributed by atoms with Gasteiger partial charge < -0.3 is 10.2 Å². The molecule has 1 aliphatic rings. The van der Waals surface area contributed by atoms with E-state index in [9.17, 15) is 8.42 Å². The van der Waals surface area contributed by atoms with Crippen LogP contribution in [0.2, 0.25) is 0 Å². The van der Waals surface area contributed by atoms with Crippen LogP contribution in [0.4, 0.5) is 0 Å². The molecule has 1 saturated heterocycles. The van der Waals surface area contributed by atoms with Crippen LogP contribution in [-0.4, -0.2) is 46.5 Å². The predicted octanol–water partition coefficient (Wildman–Crippen LogP) is 1.02. The van der Waals surface area contributed by atoms with Crippen molar-refractivity contribution in [2.45, 2.75) is 30.8 Å². The Kier molecular flexibility index (Phi) is 5.37. The molecule has 2 N–H and O–H groups in total. The summed E-state index contributed by atoms with van der Waals surface area (Å²) in [5.74, 6) is 0.356. The standard InChI is InChI=1S/C15H25N3O2S/c1-12-8-9-16-10-15(12)17-21(19,20)14-6-4-13(5-7-14)11-18(2)3/h4-7,12,15-17H,8-11H2,1-3H3. The van der Waals surface area contributed by atoms with Crippen molar-refractivity contribution in [3.8, 4) is 0 Å². The van der Waals surface area contributed by atoms with Gasteiger partial charge in [0.15, 0.2) is 0 Å². The van der Waals surface area contributed by atoms with Crippen LogP contribution in [-0.2, 0) is 16.6 Å². The van der Waals surface area contributed by atoms with Gasteiger partial charge in [0, 0.05) is 19.1 Å². The van der Waals surface area contributed by atoms with Gasteiger partial charge in [0.25, 0.3) is 0 Å². The molecule has 0 amide bonds. The molecule has 2 unspecified atom stereocenters. The summed E-state index contributed by atoms with van der Waals surface area (Å²) in [4.78, 5) is 2.39. The van der Waals surface area contributed by atoms with Gasteiger partial charge in [-0.3, -0.25) is 0 Å². The molecule has 1 aromatic carbocycles. The summed E-state index contributed by atoms with van der Waals surface area (Å²) in [6, 6.07) is 7.07. The Morgan fingerprint density at radius 2 is 1.95 bits per heavy atom. The lowest BCUT2D eigenvalue weighted by atomic mass is 9.96. The molecule has 0 saturated carbocycles. The summed E-state index contributed by atoms with van der Waals surface area (Å²) in [6.45, 7) is 4.54. The van der Waals surface area contributed by atoms with Gasteiger partial charge in [0.2, 0.25) is 10.0 Å². The predicted molar refractivity (Wildman–Crippen MR) is 84.6 cm³/mol. The van der Waals surface area contributed by atoms with Crippen LogP contribution in [0.15, 0.2) is 29.2 Å². The van der Waals surface area contributed by atoms with Crippen LogP contribution in [0.3, 0.4) is 0 Å². The van der Waals surface area contributed by atoms with Crippen molar-refractivity contribution in [3.05, 3.63) is 29.8 Å². The molecule has 0 radical (unpaired) electrons. The molecule has 118 valence electrons. The van der Waals surface area contributed by atoms with Crippen molar-refractivity contribution in [1.82, 2.24) is 14.9 Å². The zero-order valence-corrected chi connectivity index (χ0v) is 13.8. The number of nitrogens with one attached hydrogen (secondary N) is 2. The Balaban J connectivity index is 2.08. The van der Waals surface area contributed by atoms with E-state index in [4.69, 9.17) is 0 Å². The van der Waals surface area contributed by atoms with Crippen LogP contribution >= 0.6 is 0 Å². The molecular formula is C15H25N3O2S. The zero-order valence-electron chi connectivity index (χ0n) is 13.0. The molecule has 1 heterocycles. The highest BCUT2D eigenvalue weighted by molar-refractivity contribution is 7.89. The second kappa shape index (κ2) is 6.87. The SMILES string of the molecule is CC1CCNCC1NS(=O)(=O)c1ccc(CN(C)C)cc1. The lowest BCUT2D eigenvalue weighted by Crippen LogP contribution is -2.50. The van der Waals surface area contributed by atoms with E-state index in [-0.39, 0.29) is 6.04 Å². The average molecular weight is 311 g/mol. The van der Waals surface area contributed by atoms with Crippen LogP contribution < -0.4 is 10.0 Å². The van der Waals surface area contributed by atoms with Crippen LogP contribution in [0.25, 0.3) is 0 Å². The van der Waals surface area contributed by atoms with Gasteiger partial charge >= 0.3 is 0 Å². The molecule has 2 rings (SSSR count). The smallest absolute Gasteiger partial charge is 0.240 e. The van der Waals surface area contributed by atoms with Gasteiger partial charge in [-0.2, -0.15) is 0 Å². The van der Waals surface area contributed by atoms with Crippen molar-refractivity contribution in [2.24, 2.45) is 5.92 Å². The van der Waals surface area contributed by atoms with Crippen molar-refractivity contribution >= 4 is 10.0 Å². The first kappa shape index (κ1) is 16.4. The van der Waals surface area contributed by atoms with Gasteiger partial charge in [-0.05, 0) is 50.7 Å². The van der Waals surface area contributed by atoms with E-state index in [2.05, 4.69) is 21.9 Å². The topological polar surface area (TPSA) is 61.4 Å². The summed E-state index contributed by atoms with van der Waals surface area (Å²) < 4.78 is 27.7. The number of nitrogens with zero attached hydrogens (tertiary/aromatic N) is 1. The maximum absolute atomic E-state index is 12.4. The Morgan fingerprint density at radius 3 is 2.52 bits per heavy atom. The normalized spacial score (nSPS) is 23.4. The first-order chi connectivity index (χ1) is 9.88. The van der Waals surface area contributed by atoms with Crippen LogP contribution in [0.5, 0.6) is 0 Å². The van der Waals surface area contributed by atoms with Crippen LogP contribution in [0, 0.1) is 5.92 Å². The van der Waals surface area contributed by atoms with Crippen molar-refractivity contribution in [3.63, 3.8) is 0 Å². The third-order valence-corrected chi connectivity index (χ3v) is 5.37. The fraction of sp³-hybridized carbons (Fsp3) is 0.600. The second-order valence-electron chi connectivity index (χ2n) is 6.08. The van der Waals surface area contributed by atoms with E-state index in [0.29, 0.717) is 17.4 Å². The molecular weight excluding hydrogens is 286 g/mol. The van der Waals surface area contributed by atoms with Crippen molar-refractivity contribution < 1.29 is 8.42 Å². The van der Waals surface area contributed by atoms with Crippen molar-refractivity contribution in [1.29, 1.82) is 0 Å². The lowest BCUT2D eigenvalue weighted by Gasteiger charge is -2.30. The monoisotopic (exact) mass is 311 g/mol. The molecule has 1 aromatic rings. The number of rotatable bonds is 5. The summed E-state index contributed by atoms with van der Waals surface area (Å²) in [6.07, 6.45) is 0.995. The largest absolute Gasteiger partial charge is 0.315 e. The number of sulfonamides is 1. The molecule has 2 atom stereocenters. The lowest BCUT2D eigenvalue weighted by molar-refractivity contribution is 0.327. The highest BCUT2D eigenvalue weighted by Crippen LogP contribution is 2.16. The molecule has 1 fully saturated rings. The van der Waals surface area contributed by atoms with E-state index in [1.807, 2.05) is 26.2 Å². The number of piperidine rings is 1. The number of hydrogen-bond donors (Lipinski definition) is 2. The van der Waals surface area contributed by atoms with Gasteiger partial charge in [-0.1, -0.05) is 19.1 Å². The molecule has 0 bridgehead atoms. The van der Waals surface area contributed by atoms with E-state index in [0.717, 1.165) is 25.1 Å². The van der Waals surface area contributed by atoms with Gasteiger partial charge in [-0.25, -0.2) is 13.1 Å². The summed E-state index contributed by atoms with van der Waals surface area (Å²) in [5, 5.41) is 3.24. The quantitative estimate of drug-likeness (QED) is 0.852. The molecule has 6 heteroatoms. The van der Waals surface area contributed by atoms with E-state index >= 15 is 0 Å². The molecule has 21 heavy (non-hydrogen) atoms. The fourth-order valence-corrected chi connectivity index (χ4v) is 3.90. The minimum Gasteiger partial charge on any atom is -0.315 e. The molecule has 1 aliphatic heterocycles. The number of benzene rings is 1. The van der Waals surface area contributed by atoms with E-state index < -0.39 is 10.0 Å². The Labute approximate surface area is 127 Å². The van der Waals surface area contributed by atoms with E-state index in [1.54, 1.807) is 12.1 Å². The molecule has 0 spiro atoms. The summed E-state index contributed by atoms with van der Waals surface area (Å²) in [5.41, 5.74) is 1.10. The molecule has 0 aromatic heterocycles. The van der Waals surface area contributed by atoms with Gasteiger partial charge in [-0.15, -0.1) is 0 Å². The highest BCUT2D eigenvalue weighted by atomic mass is 32.2. The van der Waals surface area contributed by atoms with Crippen molar-refractivity contribution in [2.75, 3.05) is 27.2 Å². The van der Waals surface area contributed by atoms with E-state index in [1.165, 1.54) is 0 Å². The Morgan fingerprint density at radius 1 is 1.29 bits per heavy atom. The van der Waals surface area contributed by atoms with Crippen LogP contribution in [0.1, 0.15) is 18.9 Å². The van der Waals surface area contributed by atoms with Gasteiger partial charge in [0.05, 0.1) is 4.90 Å². The second-order valence-corrected chi connectivity index (χ2v) is 7.79. The van der Waals surface area contributed by atoms with Gasteiger partial charge in [0.1, 0.15) is 0 Å². The number of hydrogen-bond acceptors (Lipinski definition) is 4. The molecule has 0 aliphatic carbocycles.